The van der Waals surface area contributed by atoms with Crippen molar-refractivity contribution in [2.24, 2.45) is 0 Å². The lowest BCUT2D eigenvalue weighted by Gasteiger charge is -2.06. The maximum atomic E-state index is 12.1. The number of amides is 1. The molecule has 1 amide bonds. The minimum atomic E-state index is -0.571. The van der Waals surface area contributed by atoms with Gasteiger partial charge in [-0.05, 0) is 31.0 Å². The summed E-state index contributed by atoms with van der Waals surface area (Å²) in [6, 6.07) is 6.20. The number of aromatic nitrogens is 1. The largest absolute Gasteiger partial charge is 0.465 e. The van der Waals surface area contributed by atoms with Crippen LogP contribution >= 0.6 is 11.6 Å². The number of rotatable bonds is 4. The van der Waals surface area contributed by atoms with Crippen LogP contribution in [0.1, 0.15) is 45.4 Å². The fourth-order valence-electron chi connectivity index (χ4n) is 2.02. The molecule has 1 saturated carbocycles. The van der Waals surface area contributed by atoms with E-state index in [1.54, 1.807) is 12.1 Å². The smallest absolute Gasteiger partial charge is 0.339 e. The van der Waals surface area contributed by atoms with Gasteiger partial charge in [-0.25, -0.2) is 4.79 Å². The second kappa shape index (κ2) is 5.81. The van der Waals surface area contributed by atoms with Crippen LogP contribution in [-0.4, -0.2) is 24.1 Å². The van der Waals surface area contributed by atoms with E-state index in [-0.39, 0.29) is 16.3 Å². The van der Waals surface area contributed by atoms with Gasteiger partial charge in [0.15, 0.2) is 5.69 Å². The van der Waals surface area contributed by atoms with Crippen molar-refractivity contribution >= 4 is 29.2 Å². The molecule has 0 atom stereocenters. The van der Waals surface area contributed by atoms with E-state index >= 15 is 0 Å². The number of ether oxygens (including phenoxy) is 1. The Morgan fingerprint density at radius 1 is 1.36 bits per heavy atom. The van der Waals surface area contributed by atoms with Gasteiger partial charge in [0.1, 0.15) is 5.76 Å². The normalized spacial score (nSPS) is 13.7. The van der Waals surface area contributed by atoms with Gasteiger partial charge in [0.05, 0.1) is 17.7 Å². The van der Waals surface area contributed by atoms with Crippen LogP contribution < -0.4 is 5.32 Å². The molecular weight excluding hydrogens is 308 g/mol. The number of halogens is 1. The van der Waals surface area contributed by atoms with Gasteiger partial charge in [-0.15, -0.1) is 0 Å². The third-order valence-corrected chi connectivity index (χ3v) is 3.70. The summed E-state index contributed by atoms with van der Waals surface area (Å²) in [5.41, 5.74) is 0.808. The summed E-state index contributed by atoms with van der Waals surface area (Å²) in [6.07, 6.45) is 2.13. The monoisotopic (exact) mass is 320 g/mol. The summed E-state index contributed by atoms with van der Waals surface area (Å²) >= 11 is 5.93. The van der Waals surface area contributed by atoms with Gasteiger partial charge in [0, 0.05) is 17.7 Å². The Balaban J connectivity index is 1.76. The second-order valence-corrected chi connectivity index (χ2v) is 5.44. The van der Waals surface area contributed by atoms with Crippen LogP contribution in [0.25, 0.3) is 0 Å². The summed E-state index contributed by atoms with van der Waals surface area (Å²) in [6.45, 7) is 0. The lowest BCUT2D eigenvalue weighted by molar-refractivity contribution is 0.0600. The third kappa shape index (κ3) is 2.96. The molecule has 1 fully saturated rings. The topological polar surface area (TPSA) is 81.4 Å². The summed E-state index contributed by atoms with van der Waals surface area (Å²) in [4.78, 5) is 23.7. The molecule has 0 radical (unpaired) electrons. The maximum Gasteiger partial charge on any atom is 0.339 e. The molecule has 1 aliphatic rings. The van der Waals surface area contributed by atoms with Crippen molar-refractivity contribution in [3.63, 3.8) is 0 Å². The van der Waals surface area contributed by atoms with E-state index < -0.39 is 11.9 Å². The van der Waals surface area contributed by atoms with Gasteiger partial charge in [0.25, 0.3) is 5.91 Å². The fourth-order valence-corrected chi connectivity index (χ4v) is 2.22. The summed E-state index contributed by atoms with van der Waals surface area (Å²) in [5.74, 6) is 0.138. The Morgan fingerprint density at radius 3 is 2.82 bits per heavy atom. The molecule has 2 aromatic rings. The Kier molecular flexibility index (Phi) is 3.85. The first-order chi connectivity index (χ1) is 10.6. The predicted octanol–water partition coefficient (Wildman–Crippen LogP) is 3.24. The molecule has 114 valence electrons. The van der Waals surface area contributed by atoms with E-state index in [9.17, 15) is 9.59 Å². The van der Waals surface area contributed by atoms with Crippen molar-refractivity contribution in [1.82, 2.24) is 5.16 Å². The van der Waals surface area contributed by atoms with E-state index in [2.05, 4.69) is 15.2 Å². The number of hydrogen-bond donors (Lipinski definition) is 1. The molecule has 1 aliphatic carbocycles. The van der Waals surface area contributed by atoms with Crippen LogP contribution in [-0.2, 0) is 4.74 Å². The van der Waals surface area contributed by atoms with Crippen molar-refractivity contribution in [2.75, 3.05) is 12.4 Å². The van der Waals surface area contributed by atoms with Crippen molar-refractivity contribution in [3.05, 3.63) is 46.3 Å². The molecule has 1 aromatic heterocycles. The van der Waals surface area contributed by atoms with Crippen molar-refractivity contribution < 1.29 is 18.8 Å². The number of hydrogen-bond acceptors (Lipinski definition) is 5. The van der Waals surface area contributed by atoms with Crippen molar-refractivity contribution in [3.8, 4) is 0 Å². The summed E-state index contributed by atoms with van der Waals surface area (Å²) in [7, 11) is 1.26. The number of methoxy groups -OCH3 is 1. The van der Waals surface area contributed by atoms with Gasteiger partial charge in [-0.2, -0.15) is 0 Å². The van der Waals surface area contributed by atoms with Crippen LogP contribution in [0.4, 0.5) is 5.69 Å². The van der Waals surface area contributed by atoms with Crippen molar-refractivity contribution in [2.45, 2.75) is 18.8 Å². The van der Waals surface area contributed by atoms with Gasteiger partial charge in [-0.1, -0.05) is 16.8 Å². The molecule has 0 unspecified atom stereocenters. The SMILES string of the molecule is COC(=O)c1cc(NC(=O)c2cc(C3CC3)on2)ccc1Cl. The number of carbonyl (C=O) groups is 2. The number of benzene rings is 1. The van der Waals surface area contributed by atoms with E-state index in [1.165, 1.54) is 19.2 Å². The molecule has 1 heterocycles. The number of nitrogens with zero attached hydrogens (tertiary/aromatic N) is 1. The molecule has 0 aliphatic heterocycles. The molecule has 22 heavy (non-hydrogen) atoms. The van der Waals surface area contributed by atoms with E-state index in [1.807, 2.05) is 0 Å². The van der Waals surface area contributed by atoms with Crippen LogP contribution in [0.2, 0.25) is 5.02 Å². The van der Waals surface area contributed by atoms with E-state index in [4.69, 9.17) is 16.1 Å². The lowest BCUT2D eigenvalue weighted by atomic mass is 10.2. The molecule has 3 rings (SSSR count). The Hall–Kier alpha value is -2.34. The highest BCUT2D eigenvalue weighted by Gasteiger charge is 2.29. The van der Waals surface area contributed by atoms with Gasteiger partial charge in [0.2, 0.25) is 0 Å². The molecule has 0 spiro atoms. The van der Waals surface area contributed by atoms with Crippen LogP contribution in [0.5, 0.6) is 0 Å². The minimum absolute atomic E-state index is 0.181. The number of carbonyl (C=O) groups excluding carboxylic acids is 2. The Labute approximate surface area is 131 Å². The van der Waals surface area contributed by atoms with Gasteiger partial charge >= 0.3 is 5.97 Å². The molecule has 1 N–H and O–H groups in total. The van der Waals surface area contributed by atoms with Gasteiger partial charge < -0.3 is 14.6 Å². The highest BCUT2D eigenvalue weighted by molar-refractivity contribution is 6.33. The molecule has 6 nitrogen and oxygen atoms in total. The number of anilines is 1. The number of nitrogens with one attached hydrogen (secondary N) is 1. The Morgan fingerprint density at radius 2 is 2.14 bits per heavy atom. The molecule has 0 bridgehead atoms. The average molecular weight is 321 g/mol. The standard InChI is InChI=1S/C15H13ClN2O4/c1-21-15(20)10-6-9(4-5-11(10)16)17-14(19)12-7-13(22-18-12)8-2-3-8/h4-8H,2-3H2,1H3,(H,17,19). The molecule has 1 aromatic carbocycles. The minimum Gasteiger partial charge on any atom is -0.465 e. The first kappa shape index (κ1) is 14.6. The zero-order valence-corrected chi connectivity index (χ0v) is 12.5. The quantitative estimate of drug-likeness (QED) is 0.874. The van der Waals surface area contributed by atoms with Gasteiger partial charge in [-0.3, -0.25) is 4.79 Å². The zero-order chi connectivity index (χ0) is 15.7. The van der Waals surface area contributed by atoms with E-state index in [0.717, 1.165) is 18.6 Å². The third-order valence-electron chi connectivity index (χ3n) is 3.37. The number of esters is 1. The zero-order valence-electron chi connectivity index (χ0n) is 11.8. The summed E-state index contributed by atoms with van der Waals surface area (Å²) in [5, 5.41) is 6.66. The molecule has 7 heteroatoms. The Bertz CT molecular complexity index is 737. The lowest BCUT2D eigenvalue weighted by Crippen LogP contribution is -2.13. The van der Waals surface area contributed by atoms with Crippen LogP contribution in [0.15, 0.2) is 28.8 Å². The maximum absolute atomic E-state index is 12.1. The van der Waals surface area contributed by atoms with E-state index in [0.29, 0.717) is 11.6 Å². The average Bonchev–Trinajstić information content (AvgIpc) is 3.25. The first-order valence-corrected chi connectivity index (χ1v) is 7.12. The van der Waals surface area contributed by atoms with Crippen LogP contribution in [0, 0.1) is 0 Å². The molecule has 0 saturated heterocycles. The predicted molar refractivity (Wildman–Crippen MR) is 79.2 cm³/mol. The highest BCUT2D eigenvalue weighted by atomic mass is 35.5. The second-order valence-electron chi connectivity index (χ2n) is 5.03. The fraction of sp³-hybridized carbons (Fsp3) is 0.267. The summed E-state index contributed by atoms with van der Waals surface area (Å²) < 4.78 is 9.77. The van der Waals surface area contributed by atoms with Crippen LogP contribution in [0.3, 0.4) is 0 Å². The first-order valence-electron chi connectivity index (χ1n) is 6.74. The molecular formula is C15H13ClN2O4. The highest BCUT2D eigenvalue weighted by Crippen LogP contribution is 2.40. The van der Waals surface area contributed by atoms with Crippen molar-refractivity contribution in [1.29, 1.82) is 0 Å².